The fourth-order valence-corrected chi connectivity index (χ4v) is 4.06. The van der Waals surface area contributed by atoms with Gasteiger partial charge in [-0.05, 0) is 60.2 Å². The van der Waals surface area contributed by atoms with Crippen LogP contribution >= 0.6 is 0 Å². The molecule has 0 aliphatic carbocycles. The summed E-state index contributed by atoms with van der Waals surface area (Å²) in [6, 6.07) is 12.7. The zero-order chi connectivity index (χ0) is 24.0. The number of rotatable bonds is 4. The lowest BCUT2D eigenvalue weighted by molar-refractivity contribution is -0.137. The van der Waals surface area contributed by atoms with E-state index in [1.54, 1.807) is 0 Å². The molecule has 1 atom stereocenters. The second-order valence-corrected chi connectivity index (χ2v) is 8.96. The maximum Gasteiger partial charge on any atom is 0.416 e. The van der Waals surface area contributed by atoms with E-state index in [1.165, 1.54) is 47.5 Å². The molecule has 3 aromatic rings. The van der Waals surface area contributed by atoms with Crippen LogP contribution in [-0.2, 0) is 16.2 Å². The molecule has 1 aliphatic rings. The smallest absolute Gasteiger partial charge is 0.257 e. The van der Waals surface area contributed by atoms with E-state index in [0.717, 1.165) is 24.3 Å². The molecule has 2 N–H and O–H groups in total. The number of primary sulfonamides is 1. The van der Waals surface area contributed by atoms with Gasteiger partial charge in [0.05, 0.1) is 27.9 Å². The number of sulfonamides is 1. The highest BCUT2D eigenvalue weighted by Gasteiger charge is 2.33. The molecule has 33 heavy (non-hydrogen) atoms. The third-order valence-electron chi connectivity index (χ3n) is 5.22. The number of nitrogens with two attached hydrogens (primary N) is 1. The molecule has 0 bridgehead atoms. The zero-order valence-corrected chi connectivity index (χ0v) is 17.5. The first kappa shape index (κ1) is 22.9. The highest BCUT2D eigenvalue weighted by Crippen LogP contribution is 2.38. The minimum atomic E-state index is -4.50. The van der Waals surface area contributed by atoms with Gasteiger partial charge in [-0.15, -0.1) is 0 Å². The molecule has 11 heteroatoms. The Labute approximate surface area is 186 Å². The van der Waals surface area contributed by atoms with Crippen LogP contribution in [0, 0.1) is 11.6 Å². The average molecular weight is 481 g/mol. The van der Waals surface area contributed by atoms with Crippen molar-refractivity contribution < 1.29 is 30.4 Å². The predicted octanol–water partition coefficient (Wildman–Crippen LogP) is 4.99. The Bertz CT molecular complexity index is 1320. The first-order valence-electron chi connectivity index (χ1n) is 9.55. The molecule has 172 valence electrons. The number of halogens is 5. The zero-order valence-electron chi connectivity index (χ0n) is 16.7. The molecular formula is C22H16F5N3O2S. The van der Waals surface area contributed by atoms with Gasteiger partial charge in [-0.1, -0.05) is 12.1 Å². The SMILES string of the molecule is NS(=O)(=O)c1ccc(N2N=C(c3ccc(F)c(F)c3)CC2c2ccc(C(F)(F)F)cc2)cc1. The number of alkyl halides is 3. The molecule has 1 aliphatic heterocycles. The van der Waals surface area contributed by atoms with Gasteiger partial charge in [0.1, 0.15) is 0 Å². The lowest BCUT2D eigenvalue weighted by Crippen LogP contribution is -2.19. The fourth-order valence-electron chi connectivity index (χ4n) is 3.54. The van der Waals surface area contributed by atoms with E-state index in [-0.39, 0.29) is 11.3 Å². The third-order valence-corrected chi connectivity index (χ3v) is 6.15. The molecule has 4 rings (SSSR count). The minimum absolute atomic E-state index is 0.124. The van der Waals surface area contributed by atoms with Crippen LogP contribution in [0.3, 0.4) is 0 Å². The van der Waals surface area contributed by atoms with Gasteiger partial charge in [0.25, 0.3) is 0 Å². The van der Waals surface area contributed by atoms with Gasteiger partial charge in [0.15, 0.2) is 11.6 Å². The summed E-state index contributed by atoms with van der Waals surface area (Å²) in [5.41, 5.74) is 0.823. The van der Waals surface area contributed by atoms with Crippen molar-refractivity contribution in [1.29, 1.82) is 0 Å². The van der Waals surface area contributed by atoms with Gasteiger partial charge >= 0.3 is 6.18 Å². The van der Waals surface area contributed by atoms with Gasteiger partial charge in [0.2, 0.25) is 10.0 Å². The van der Waals surface area contributed by atoms with Crippen molar-refractivity contribution in [3.63, 3.8) is 0 Å². The van der Waals surface area contributed by atoms with E-state index in [0.29, 0.717) is 22.5 Å². The third kappa shape index (κ3) is 4.74. The number of hydrazone groups is 1. The van der Waals surface area contributed by atoms with E-state index in [4.69, 9.17) is 5.14 Å². The van der Waals surface area contributed by atoms with Gasteiger partial charge in [-0.2, -0.15) is 18.3 Å². The number of hydrogen-bond acceptors (Lipinski definition) is 4. The molecule has 0 spiro atoms. The number of benzene rings is 3. The topological polar surface area (TPSA) is 75.8 Å². The van der Waals surface area contributed by atoms with Crippen molar-refractivity contribution in [1.82, 2.24) is 0 Å². The molecule has 3 aromatic carbocycles. The van der Waals surface area contributed by atoms with Crippen molar-refractivity contribution in [3.05, 3.63) is 95.1 Å². The monoisotopic (exact) mass is 481 g/mol. The van der Waals surface area contributed by atoms with Crippen LogP contribution in [-0.4, -0.2) is 14.1 Å². The summed E-state index contributed by atoms with van der Waals surface area (Å²) in [5, 5.41) is 11.1. The summed E-state index contributed by atoms with van der Waals surface area (Å²) in [4.78, 5) is -0.124. The van der Waals surface area contributed by atoms with Crippen LogP contribution in [0.15, 0.2) is 76.7 Å². The Morgan fingerprint density at radius 2 is 1.55 bits per heavy atom. The van der Waals surface area contributed by atoms with Crippen LogP contribution in [0.5, 0.6) is 0 Å². The summed E-state index contributed by atoms with van der Waals surface area (Å²) in [6.45, 7) is 0. The molecule has 0 aromatic heterocycles. The quantitative estimate of drug-likeness (QED) is 0.534. The van der Waals surface area contributed by atoms with E-state index in [2.05, 4.69) is 5.10 Å². The normalized spacial score (nSPS) is 16.7. The Hall–Kier alpha value is -3.31. The summed E-state index contributed by atoms with van der Waals surface area (Å²) < 4.78 is 89.1. The van der Waals surface area contributed by atoms with E-state index < -0.39 is 39.4 Å². The molecular weight excluding hydrogens is 465 g/mol. The van der Waals surface area contributed by atoms with E-state index in [9.17, 15) is 30.4 Å². The molecule has 0 fully saturated rings. The van der Waals surface area contributed by atoms with Crippen LogP contribution in [0.2, 0.25) is 0 Å². The van der Waals surface area contributed by atoms with Crippen molar-refractivity contribution in [2.24, 2.45) is 10.2 Å². The summed E-state index contributed by atoms with van der Waals surface area (Å²) in [6.07, 6.45) is -4.31. The summed E-state index contributed by atoms with van der Waals surface area (Å²) >= 11 is 0. The number of anilines is 1. The lowest BCUT2D eigenvalue weighted by Gasteiger charge is -2.24. The molecule has 0 radical (unpaired) electrons. The van der Waals surface area contributed by atoms with E-state index >= 15 is 0 Å². The maximum absolute atomic E-state index is 13.8. The number of nitrogens with zero attached hydrogens (tertiary/aromatic N) is 2. The van der Waals surface area contributed by atoms with Gasteiger partial charge in [-0.3, -0.25) is 5.01 Å². The Morgan fingerprint density at radius 3 is 2.09 bits per heavy atom. The van der Waals surface area contributed by atoms with Crippen molar-refractivity contribution in [3.8, 4) is 0 Å². The van der Waals surface area contributed by atoms with Crippen LogP contribution in [0.4, 0.5) is 27.6 Å². The second kappa shape index (κ2) is 8.23. The largest absolute Gasteiger partial charge is 0.416 e. The van der Waals surface area contributed by atoms with Crippen LogP contribution in [0.25, 0.3) is 0 Å². The van der Waals surface area contributed by atoms with Crippen molar-refractivity contribution in [2.75, 3.05) is 5.01 Å². The van der Waals surface area contributed by atoms with Crippen molar-refractivity contribution in [2.45, 2.75) is 23.5 Å². The van der Waals surface area contributed by atoms with E-state index in [1.807, 2.05) is 0 Å². The lowest BCUT2D eigenvalue weighted by atomic mass is 9.97. The van der Waals surface area contributed by atoms with Gasteiger partial charge in [-0.25, -0.2) is 22.3 Å². The molecule has 1 unspecified atom stereocenters. The van der Waals surface area contributed by atoms with Crippen LogP contribution in [0.1, 0.15) is 29.2 Å². The molecule has 1 heterocycles. The molecule has 0 saturated heterocycles. The minimum Gasteiger partial charge on any atom is -0.257 e. The maximum atomic E-state index is 13.8. The van der Waals surface area contributed by atoms with Crippen molar-refractivity contribution >= 4 is 21.4 Å². The highest BCUT2D eigenvalue weighted by atomic mass is 32.2. The molecule has 5 nitrogen and oxygen atoms in total. The van der Waals surface area contributed by atoms with Crippen LogP contribution < -0.4 is 10.1 Å². The Balaban J connectivity index is 1.75. The highest BCUT2D eigenvalue weighted by molar-refractivity contribution is 7.89. The van der Waals surface area contributed by atoms with Gasteiger partial charge in [0, 0.05) is 12.0 Å². The average Bonchev–Trinajstić information content (AvgIpc) is 3.20. The Morgan fingerprint density at radius 1 is 0.909 bits per heavy atom. The van der Waals surface area contributed by atoms with Gasteiger partial charge < -0.3 is 0 Å². The first-order chi connectivity index (χ1) is 15.4. The molecule has 0 saturated carbocycles. The summed E-state index contributed by atoms with van der Waals surface area (Å²) in [5.74, 6) is -2.08. The number of hydrogen-bond donors (Lipinski definition) is 1. The Kier molecular flexibility index (Phi) is 5.71. The fraction of sp³-hybridized carbons (Fsp3) is 0.136. The summed E-state index contributed by atoms with van der Waals surface area (Å²) in [7, 11) is -3.93. The standard InChI is InChI=1S/C22H16F5N3O2S/c23-18-10-3-14(11-19(18)24)20-12-21(13-1-4-15(5-2-13)22(25,26)27)30(29-20)16-6-8-17(9-7-16)33(28,31)32/h1-11,21H,12H2,(H2,28,31,32). The second-order valence-electron chi connectivity index (χ2n) is 7.40. The molecule has 0 amide bonds. The first-order valence-corrected chi connectivity index (χ1v) is 11.1. The predicted molar refractivity (Wildman–Crippen MR) is 112 cm³/mol.